The minimum absolute atomic E-state index is 0.0655. The minimum Gasteiger partial charge on any atom is -0.487 e. The molecule has 0 amide bonds. The highest BCUT2D eigenvalue weighted by Crippen LogP contribution is 2.30. The zero-order valence-electron chi connectivity index (χ0n) is 16.0. The number of aromatic nitrogens is 2. The summed E-state index contributed by atoms with van der Waals surface area (Å²) < 4.78 is 33.0. The van der Waals surface area contributed by atoms with E-state index >= 15 is 0 Å². The number of aryl methyl sites for hydroxylation is 1. The minimum atomic E-state index is -3.48. The molecule has 4 rings (SSSR count). The van der Waals surface area contributed by atoms with Crippen molar-refractivity contribution in [1.29, 1.82) is 0 Å². The predicted octanol–water partition coefficient (Wildman–Crippen LogP) is 4.13. The third-order valence-corrected chi connectivity index (χ3v) is 7.22. The standard InChI is InChI=1S/C21H22ClN3O3S/c1-15-2-8-20(9-3-15)29(26,27)25-11-10-16(13-25)21-12-18(23-24-21)14-28-19-6-4-17(22)5-7-19/h2-9,12,16H,10-11,13-14H2,1H3,(H,23,24). The van der Waals surface area contributed by atoms with Gasteiger partial charge in [0.2, 0.25) is 10.0 Å². The molecule has 152 valence electrons. The van der Waals surface area contributed by atoms with Gasteiger partial charge in [-0.1, -0.05) is 29.3 Å². The van der Waals surface area contributed by atoms with E-state index in [1.165, 1.54) is 0 Å². The summed E-state index contributed by atoms with van der Waals surface area (Å²) in [6.07, 6.45) is 0.743. The van der Waals surface area contributed by atoms with Crippen molar-refractivity contribution in [1.82, 2.24) is 14.5 Å². The highest BCUT2D eigenvalue weighted by Gasteiger charge is 2.34. The lowest BCUT2D eigenvalue weighted by Gasteiger charge is -2.16. The summed E-state index contributed by atoms with van der Waals surface area (Å²) in [5.74, 6) is 0.789. The first-order valence-corrected chi connectivity index (χ1v) is 11.2. The summed E-state index contributed by atoms with van der Waals surface area (Å²) in [6, 6.07) is 16.1. The van der Waals surface area contributed by atoms with Gasteiger partial charge in [0.05, 0.1) is 16.3 Å². The molecule has 0 saturated carbocycles. The molecule has 29 heavy (non-hydrogen) atoms. The average Bonchev–Trinajstić information content (AvgIpc) is 3.38. The van der Waals surface area contributed by atoms with Gasteiger partial charge in [0.1, 0.15) is 12.4 Å². The molecule has 8 heteroatoms. The van der Waals surface area contributed by atoms with E-state index in [-0.39, 0.29) is 5.92 Å². The first-order valence-electron chi connectivity index (χ1n) is 9.41. The molecule has 1 aliphatic heterocycles. The maximum atomic E-state index is 12.9. The van der Waals surface area contributed by atoms with Crippen molar-refractivity contribution in [3.05, 3.63) is 76.6 Å². The highest BCUT2D eigenvalue weighted by atomic mass is 35.5. The molecule has 3 aromatic rings. The Hall–Kier alpha value is -2.35. The van der Waals surface area contributed by atoms with E-state index in [2.05, 4.69) is 10.2 Å². The monoisotopic (exact) mass is 431 g/mol. The van der Waals surface area contributed by atoms with Gasteiger partial charge in [-0.3, -0.25) is 5.10 Å². The second kappa shape index (κ2) is 8.18. The van der Waals surface area contributed by atoms with Gasteiger partial charge in [-0.05, 0) is 55.8 Å². The number of hydrogen-bond donors (Lipinski definition) is 1. The number of benzene rings is 2. The molecular weight excluding hydrogens is 410 g/mol. The number of nitrogens with zero attached hydrogens (tertiary/aromatic N) is 2. The van der Waals surface area contributed by atoms with Gasteiger partial charge < -0.3 is 4.74 Å². The number of rotatable bonds is 6. The van der Waals surface area contributed by atoms with E-state index in [0.29, 0.717) is 29.6 Å². The van der Waals surface area contributed by atoms with Crippen molar-refractivity contribution in [2.75, 3.05) is 13.1 Å². The van der Waals surface area contributed by atoms with Crippen molar-refractivity contribution in [3.8, 4) is 5.75 Å². The van der Waals surface area contributed by atoms with Crippen molar-refractivity contribution < 1.29 is 13.2 Å². The molecule has 2 aromatic carbocycles. The fourth-order valence-corrected chi connectivity index (χ4v) is 5.03. The molecule has 1 unspecified atom stereocenters. The third-order valence-electron chi connectivity index (χ3n) is 5.09. The largest absolute Gasteiger partial charge is 0.487 e. The van der Waals surface area contributed by atoms with E-state index < -0.39 is 10.0 Å². The Bertz CT molecular complexity index is 1080. The van der Waals surface area contributed by atoms with Crippen LogP contribution in [0.4, 0.5) is 0 Å². The predicted molar refractivity (Wildman–Crippen MR) is 112 cm³/mol. The van der Waals surface area contributed by atoms with E-state index in [4.69, 9.17) is 16.3 Å². The lowest BCUT2D eigenvalue weighted by Crippen LogP contribution is -2.28. The zero-order chi connectivity index (χ0) is 20.4. The van der Waals surface area contributed by atoms with Crippen LogP contribution in [0.2, 0.25) is 5.02 Å². The lowest BCUT2D eigenvalue weighted by molar-refractivity contribution is 0.301. The molecule has 0 radical (unpaired) electrons. The molecule has 1 aromatic heterocycles. The number of sulfonamides is 1. The summed E-state index contributed by atoms with van der Waals surface area (Å²) in [5.41, 5.74) is 2.74. The number of nitrogens with one attached hydrogen (secondary N) is 1. The molecule has 0 bridgehead atoms. The maximum Gasteiger partial charge on any atom is 0.243 e. The number of hydrogen-bond acceptors (Lipinski definition) is 4. The Morgan fingerprint density at radius 3 is 2.62 bits per heavy atom. The molecule has 6 nitrogen and oxygen atoms in total. The molecule has 1 aliphatic rings. The summed E-state index contributed by atoms with van der Waals surface area (Å²) in [4.78, 5) is 0.336. The van der Waals surface area contributed by atoms with Crippen LogP contribution in [-0.2, 0) is 16.6 Å². The van der Waals surface area contributed by atoms with Gasteiger partial charge in [-0.2, -0.15) is 9.40 Å². The summed E-state index contributed by atoms with van der Waals surface area (Å²) in [5, 5.41) is 8.02. The molecule has 1 saturated heterocycles. The van der Waals surface area contributed by atoms with Gasteiger partial charge in [-0.15, -0.1) is 0 Å². The first kappa shape index (κ1) is 19.9. The van der Waals surface area contributed by atoms with E-state index in [1.54, 1.807) is 28.6 Å². The van der Waals surface area contributed by atoms with Gasteiger partial charge in [0, 0.05) is 24.0 Å². The SMILES string of the molecule is Cc1ccc(S(=O)(=O)N2CCC(c3cc(COc4ccc(Cl)cc4)[nH]n3)C2)cc1. The Labute approximate surface area is 175 Å². The number of aromatic amines is 1. The zero-order valence-corrected chi connectivity index (χ0v) is 17.6. The Morgan fingerprint density at radius 1 is 1.17 bits per heavy atom. The lowest BCUT2D eigenvalue weighted by atomic mass is 10.1. The Morgan fingerprint density at radius 2 is 1.90 bits per heavy atom. The van der Waals surface area contributed by atoms with Gasteiger partial charge in [-0.25, -0.2) is 8.42 Å². The molecule has 1 fully saturated rings. The molecule has 0 spiro atoms. The second-order valence-electron chi connectivity index (χ2n) is 7.22. The molecule has 2 heterocycles. The van der Waals surface area contributed by atoms with Crippen LogP contribution in [0, 0.1) is 6.92 Å². The fourth-order valence-electron chi connectivity index (χ4n) is 3.40. The van der Waals surface area contributed by atoms with Crippen molar-refractivity contribution in [2.45, 2.75) is 30.8 Å². The van der Waals surface area contributed by atoms with Gasteiger partial charge in [0.15, 0.2) is 0 Å². The maximum absolute atomic E-state index is 12.9. The van der Waals surface area contributed by atoms with Crippen LogP contribution in [0.5, 0.6) is 5.75 Å². The van der Waals surface area contributed by atoms with Gasteiger partial charge >= 0.3 is 0 Å². The van der Waals surface area contributed by atoms with Crippen LogP contribution < -0.4 is 4.74 Å². The number of ether oxygens (including phenoxy) is 1. The van der Waals surface area contributed by atoms with Crippen molar-refractivity contribution in [2.24, 2.45) is 0 Å². The van der Waals surface area contributed by atoms with E-state index in [9.17, 15) is 8.42 Å². The van der Waals surface area contributed by atoms with E-state index in [1.807, 2.05) is 37.3 Å². The Kier molecular flexibility index (Phi) is 5.63. The van der Waals surface area contributed by atoms with Crippen molar-refractivity contribution >= 4 is 21.6 Å². The fraction of sp³-hybridized carbons (Fsp3) is 0.286. The first-order chi connectivity index (χ1) is 13.9. The quantitative estimate of drug-likeness (QED) is 0.636. The topological polar surface area (TPSA) is 75.3 Å². The molecule has 0 aliphatic carbocycles. The second-order valence-corrected chi connectivity index (χ2v) is 9.60. The van der Waals surface area contributed by atoms with E-state index in [0.717, 1.165) is 29.1 Å². The Balaban J connectivity index is 1.39. The van der Waals surface area contributed by atoms with Crippen LogP contribution in [0.3, 0.4) is 0 Å². The summed E-state index contributed by atoms with van der Waals surface area (Å²) in [7, 11) is -3.48. The number of halogens is 1. The van der Waals surface area contributed by atoms with Crippen molar-refractivity contribution in [3.63, 3.8) is 0 Å². The molecule has 1 N–H and O–H groups in total. The average molecular weight is 432 g/mol. The summed E-state index contributed by atoms with van der Waals surface area (Å²) in [6.45, 7) is 3.21. The van der Waals surface area contributed by atoms with Crippen LogP contribution >= 0.6 is 11.6 Å². The van der Waals surface area contributed by atoms with Crippen LogP contribution in [-0.4, -0.2) is 36.0 Å². The van der Waals surface area contributed by atoms with Crippen LogP contribution in [0.15, 0.2) is 59.5 Å². The van der Waals surface area contributed by atoms with Crippen LogP contribution in [0.25, 0.3) is 0 Å². The third kappa shape index (κ3) is 4.47. The summed E-state index contributed by atoms with van der Waals surface area (Å²) >= 11 is 5.88. The smallest absolute Gasteiger partial charge is 0.243 e. The highest BCUT2D eigenvalue weighted by molar-refractivity contribution is 7.89. The molecular formula is C21H22ClN3O3S. The van der Waals surface area contributed by atoms with Gasteiger partial charge in [0.25, 0.3) is 0 Å². The normalized spacial score (nSPS) is 17.5. The number of H-pyrrole nitrogens is 1. The molecule has 1 atom stereocenters. The van der Waals surface area contributed by atoms with Crippen LogP contribution in [0.1, 0.15) is 29.3 Å².